The van der Waals surface area contributed by atoms with Gasteiger partial charge in [-0.3, -0.25) is 9.20 Å². The summed E-state index contributed by atoms with van der Waals surface area (Å²) in [6.45, 7) is 0. The van der Waals surface area contributed by atoms with E-state index in [1.54, 1.807) is 0 Å². The highest BCUT2D eigenvalue weighted by Gasteiger charge is 2.32. The first-order valence-electron chi connectivity index (χ1n) is 8.59. The van der Waals surface area contributed by atoms with Crippen molar-refractivity contribution in [1.29, 1.82) is 0 Å². The van der Waals surface area contributed by atoms with Gasteiger partial charge in [0, 0.05) is 11.1 Å². The average Bonchev–Trinajstić information content (AvgIpc) is 3.32. The van der Waals surface area contributed by atoms with Gasteiger partial charge in [0.05, 0.1) is 21.7 Å². The lowest BCUT2D eigenvalue weighted by atomic mass is 10.2. The fourth-order valence-corrected chi connectivity index (χ4v) is 5.74. The Bertz CT molecular complexity index is 1330. The summed E-state index contributed by atoms with van der Waals surface area (Å²) in [6, 6.07) is 0.822. The zero-order valence-corrected chi connectivity index (χ0v) is 16.9. The predicted molar refractivity (Wildman–Crippen MR) is 105 cm³/mol. The first-order chi connectivity index (χ1) is 13.8. The summed E-state index contributed by atoms with van der Waals surface area (Å²) in [5.74, 6) is 0.657. The monoisotopic (exact) mass is 457 g/mol. The molecule has 150 valence electrons. The quantitative estimate of drug-likeness (QED) is 0.459. The van der Waals surface area contributed by atoms with Crippen LogP contribution < -0.4 is 5.56 Å². The van der Waals surface area contributed by atoms with Crippen molar-refractivity contribution >= 4 is 50.6 Å². The highest BCUT2D eigenvalue weighted by Crippen LogP contribution is 2.35. The van der Waals surface area contributed by atoms with E-state index in [1.807, 2.05) is 0 Å². The summed E-state index contributed by atoms with van der Waals surface area (Å²) in [7, 11) is 0. The Balaban J connectivity index is 1.48. The summed E-state index contributed by atoms with van der Waals surface area (Å²) in [6.07, 6.45) is -0.721. The molecular formula is C17H11ClF3N5OS2. The molecule has 0 radical (unpaired) electrons. The van der Waals surface area contributed by atoms with Crippen LogP contribution in [-0.2, 0) is 24.8 Å². The molecule has 0 spiro atoms. The lowest BCUT2D eigenvalue weighted by Gasteiger charge is -2.08. The number of aryl methyl sites for hydroxylation is 2. The van der Waals surface area contributed by atoms with E-state index in [-0.39, 0.29) is 27.1 Å². The first kappa shape index (κ1) is 18.9. The number of alkyl halides is 3. The van der Waals surface area contributed by atoms with Gasteiger partial charge in [-0.25, -0.2) is 4.98 Å². The van der Waals surface area contributed by atoms with Gasteiger partial charge in [0.15, 0.2) is 10.8 Å². The summed E-state index contributed by atoms with van der Waals surface area (Å²) in [5.41, 5.74) is 0.153. The molecule has 29 heavy (non-hydrogen) atoms. The number of rotatable bonds is 3. The van der Waals surface area contributed by atoms with Gasteiger partial charge in [0.2, 0.25) is 0 Å². The molecule has 4 heterocycles. The zero-order chi connectivity index (χ0) is 20.3. The van der Waals surface area contributed by atoms with Crippen LogP contribution >= 0.6 is 34.7 Å². The molecule has 0 aromatic carbocycles. The van der Waals surface area contributed by atoms with Crippen LogP contribution in [0.3, 0.4) is 0 Å². The molecule has 1 aliphatic carbocycles. The number of hydrogen-bond acceptors (Lipinski definition) is 6. The molecule has 0 aliphatic heterocycles. The smallest absolute Gasteiger partial charge is 0.309 e. The maximum absolute atomic E-state index is 13.1. The number of H-pyrrole nitrogens is 1. The molecule has 12 heteroatoms. The Kier molecular flexibility index (Phi) is 4.37. The first-order valence-corrected chi connectivity index (χ1v) is 10.8. The van der Waals surface area contributed by atoms with Gasteiger partial charge >= 0.3 is 6.18 Å². The van der Waals surface area contributed by atoms with Crippen molar-refractivity contribution in [2.75, 3.05) is 0 Å². The van der Waals surface area contributed by atoms with Gasteiger partial charge in [0.25, 0.3) is 5.56 Å². The van der Waals surface area contributed by atoms with Gasteiger partial charge in [0.1, 0.15) is 10.7 Å². The maximum atomic E-state index is 13.1. The summed E-state index contributed by atoms with van der Waals surface area (Å²) in [4.78, 5) is 21.7. The fourth-order valence-electron chi connectivity index (χ4n) is 3.44. The van der Waals surface area contributed by atoms with Crippen LogP contribution in [0.25, 0.3) is 15.9 Å². The Labute approximate surface area is 174 Å². The zero-order valence-electron chi connectivity index (χ0n) is 14.5. The Morgan fingerprint density at radius 1 is 1.31 bits per heavy atom. The van der Waals surface area contributed by atoms with Crippen LogP contribution in [-0.4, -0.2) is 24.6 Å². The lowest BCUT2D eigenvalue weighted by Crippen LogP contribution is -2.11. The van der Waals surface area contributed by atoms with Gasteiger partial charge < -0.3 is 4.98 Å². The van der Waals surface area contributed by atoms with E-state index in [0.717, 1.165) is 48.9 Å². The van der Waals surface area contributed by atoms with Crippen LogP contribution in [0.1, 0.15) is 28.2 Å². The topological polar surface area (TPSA) is 75.9 Å². The second-order valence-electron chi connectivity index (χ2n) is 6.59. The fraction of sp³-hybridized carbons (Fsp3) is 0.294. The van der Waals surface area contributed by atoms with E-state index in [4.69, 9.17) is 11.6 Å². The Morgan fingerprint density at radius 2 is 2.14 bits per heavy atom. The maximum Gasteiger partial charge on any atom is 0.417 e. The summed E-state index contributed by atoms with van der Waals surface area (Å²) in [5, 5.41) is 8.53. The molecule has 1 aliphatic rings. The third-order valence-corrected chi connectivity index (χ3v) is 7.14. The van der Waals surface area contributed by atoms with Gasteiger partial charge in [-0.1, -0.05) is 23.4 Å². The molecule has 4 aromatic heterocycles. The van der Waals surface area contributed by atoms with Crippen molar-refractivity contribution in [1.82, 2.24) is 24.6 Å². The van der Waals surface area contributed by atoms with Crippen molar-refractivity contribution in [2.24, 2.45) is 0 Å². The standard InChI is InChI=1S/C17H11ClF3N5OS2/c18-9-4-7(17(19,20)21)5-26-13(9)24-25-16(26)28-6-11-22-14(27)12-8-2-1-3-10(8)29-15(12)23-11/h4-5H,1-3,6H2,(H,22,23,27). The van der Waals surface area contributed by atoms with E-state index in [2.05, 4.69) is 20.2 Å². The van der Waals surface area contributed by atoms with Gasteiger partial charge in [-0.15, -0.1) is 21.5 Å². The van der Waals surface area contributed by atoms with Crippen LogP contribution in [0.4, 0.5) is 13.2 Å². The molecule has 0 bridgehead atoms. The molecule has 0 amide bonds. The number of pyridine rings is 1. The highest BCUT2D eigenvalue weighted by molar-refractivity contribution is 7.98. The minimum atomic E-state index is -4.54. The number of aromatic nitrogens is 5. The Hall–Kier alpha value is -2.11. The number of hydrogen-bond donors (Lipinski definition) is 1. The second kappa shape index (κ2) is 6.71. The number of thiophene rings is 1. The number of aromatic amines is 1. The molecule has 0 unspecified atom stereocenters. The van der Waals surface area contributed by atoms with Crippen molar-refractivity contribution in [3.8, 4) is 0 Å². The molecular weight excluding hydrogens is 447 g/mol. The molecule has 0 atom stereocenters. The molecule has 0 saturated heterocycles. The van der Waals surface area contributed by atoms with Gasteiger partial charge in [-0.05, 0) is 30.9 Å². The number of nitrogens with zero attached hydrogens (tertiary/aromatic N) is 4. The SMILES string of the molecule is O=c1[nH]c(CSc2nnc3c(Cl)cc(C(F)(F)F)cn23)nc2sc3c(c12)CCC3. The van der Waals surface area contributed by atoms with Gasteiger partial charge in [-0.2, -0.15) is 13.2 Å². The number of halogens is 4. The third kappa shape index (κ3) is 3.21. The van der Waals surface area contributed by atoms with E-state index >= 15 is 0 Å². The van der Waals surface area contributed by atoms with Crippen molar-refractivity contribution in [2.45, 2.75) is 36.3 Å². The molecule has 4 aromatic rings. The molecule has 1 N–H and O–H groups in total. The summed E-state index contributed by atoms with van der Waals surface area (Å²) >= 11 is 8.58. The van der Waals surface area contributed by atoms with Crippen molar-refractivity contribution in [3.63, 3.8) is 0 Å². The summed E-state index contributed by atoms with van der Waals surface area (Å²) < 4.78 is 40.4. The van der Waals surface area contributed by atoms with E-state index in [9.17, 15) is 18.0 Å². The molecule has 5 rings (SSSR count). The van der Waals surface area contributed by atoms with Crippen LogP contribution in [0.15, 0.2) is 22.2 Å². The minimum absolute atomic E-state index is 0.133. The predicted octanol–water partition coefficient (Wildman–Crippen LogP) is 4.48. The molecule has 0 fully saturated rings. The normalized spacial score (nSPS) is 14.2. The van der Waals surface area contributed by atoms with Crippen LogP contribution in [0.2, 0.25) is 5.02 Å². The Morgan fingerprint density at radius 3 is 2.93 bits per heavy atom. The van der Waals surface area contributed by atoms with E-state index in [1.165, 1.54) is 20.6 Å². The van der Waals surface area contributed by atoms with E-state index < -0.39 is 11.7 Å². The van der Waals surface area contributed by atoms with Crippen molar-refractivity contribution in [3.05, 3.63) is 49.5 Å². The molecule has 6 nitrogen and oxygen atoms in total. The number of fused-ring (bicyclic) bond motifs is 4. The highest BCUT2D eigenvalue weighted by atomic mass is 35.5. The molecule has 0 saturated carbocycles. The second-order valence-corrected chi connectivity index (χ2v) is 9.02. The third-order valence-electron chi connectivity index (χ3n) is 4.72. The average molecular weight is 458 g/mol. The number of thioether (sulfide) groups is 1. The largest absolute Gasteiger partial charge is 0.417 e. The van der Waals surface area contributed by atoms with Crippen LogP contribution in [0.5, 0.6) is 0 Å². The minimum Gasteiger partial charge on any atom is -0.309 e. The van der Waals surface area contributed by atoms with E-state index in [0.29, 0.717) is 16.0 Å². The number of nitrogens with one attached hydrogen (secondary N) is 1. The lowest BCUT2D eigenvalue weighted by molar-refractivity contribution is -0.137. The van der Waals surface area contributed by atoms with Crippen molar-refractivity contribution < 1.29 is 13.2 Å². The van der Waals surface area contributed by atoms with Crippen LogP contribution in [0, 0.1) is 0 Å².